The molecule has 0 aliphatic heterocycles. The molecule has 116 valence electrons. The molecule has 1 aromatic carbocycles. The first-order valence-corrected chi connectivity index (χ1v) is 8.66. The molecule has 0 atom stereocenters. The lowest BCUT2D eigenvalue weighted by atomic mass is 10.1. The van der Waals surface area contributed by atoms with E-state index in [0.29, 0.717) is 0 Å². The van der Waals surface area contributed by atoms with Gasteiger partial charge in [-0.25, -0.2) is 0 Å². The third-order valence-corrected chi connectivity index (χ3v) is 4.14. The smallest absolute Gasteiger partial charge is 0.0480 e. The van der Waals surface area contributed by atoms with Crippen LogP contribution in [-0.4, -0.2) is 17.7 Å². The molecule has 1 heterocycles. The number of fused-ring (bicyclic) bond motifs is 1. The van der Waals surface area contributed by atoms with E-state index < -0.39 is 0 Å². The van der Waals surface area contributed by atoms with E-state index in [4.69, 9.17) is 0 Å². The van der Waals surface area contributed by atoms with Crippen molar-refractivity contribution in [3.05, 3.63) is 36.5 Å². The molecule has 0 aliphatic rings. The summed E-state index contributed by atoms with van der Waals surface area (Å²) in [6.45, 7) is 5.69. The van der Waals surface area contributed by atoms with Crippen LogP contribution in [0, 0.1) is 0 Å². The van der Waals surface area contributed by atoms with Crippen LogP contribution in [0.15, 0.2) is 36.5 Å². The van der Waals surface area contributed by atoms with Crippen molar-refractivity contribution in [2.24, 2.45) is 0 Å². The van der Waals surface area contributed by atoms with Gasteiger partial charge in [0.05, 0.1) is 0 Å². The number of nitrogens with one attached hydrogen (secondary N) is 1. The van der Waals surface area contributed by atoms with Gasteiger partial charge in [0.15, 0.2) is 0 Å². The molecule has 21 heavy (non-hydrogen) atoms. The average molecular weight is 286 g/mol. The van der Waals surface area contributed by atoms with E-state index in [9.17, 15) is 0 Å². The highest BCUT2D eigenvalue weighted by atomic mass is 15.0. The monoisotopic (exact) mass is 286 g/mol. The highest BCUT2D eigenvalue weighted by molar-refractivity contribution is 5.79. The molecule has 0 fully saturated rings. The fourth-order valence-electron chi connectivity index (χ4n) is 2.87. The van der Waals surface area contributed by atoms with Gasteiger partial charge in [-0.15, -0.1) is 0 Å². The molecule has 1 aromatic heterocycles. The predicted molar refractivity (Wildman–Crippen MR) is 92.8 cm³/mol. The summed E-state index contributed by atoms with van der Waals surface area (Å²) in [6.07, 6.45) is 11.7. The number of nitrogens with zero attached hydrogens (tertiary/aromatic N) is 1. The van der Waals surface area contributed by atoms with Gasteiger partial charge >= 0.3 is 0 Å². The first-order valence-electron chi connectivity index (χ1n) is 8.66. The molecule has 2 aromatic rings. The quantitative estimate of drug-likeness (QED) is 0.576. The zero-order chi connectivity index (χ0) is 14.8. The van der Waals surface area contributed by atoms with Crippen molar-refractivity contribution in [3.8, 4) is 0 Å². The minimum Gasteiger partial charge on any atom is -0.347 e. The van der Waals surface area contributed by atoms with Crippen molar-refractivity contribution in [3.63, 3.8) is 0 Å². The second-order valence-electron chi connectivity index (χ2n) is 5.94. The normalized spacial score (nSPS) is 11.3. The molecule has 0 saturated carbocycles. The molecule has 2 heteroatoms. The fraction of sp³-hybridized carbons (Fsp3) is 0.579. The van der Waals surface area contributed by atoms with E-state index >= 15 is 0 Å². The Morgan fingerprint density at radius 2 is 1.62 bits per heavy atom. The number of rotatable bonds is 11. The Morgan fingerprint density at radius 3 is 2.52 bits per heavy atom. The van der Waals surface area contributed by atoms with Crippen LogP contribution in [0.3, 0.4) is 0 Å². The molecule has 1 N–H and O–H groups in total. The maximum atomic E-state index is 3.57. The van der Waals surface area contributed by atoms with Crippen LogP contribution >= 0.6 is 0 Å². The summed E-state index contributed by atoms with van der Waals surface area (Å²) >= 11 is 0. The van der Waals surface area contributed by atoms with Gasteiger partial charge in [-0.1, -0.05) is 57.2 Å². The standard InChI is InChI=1S/C19H30N2/c1-2-3-4-5-6-9-14-20-15-10-16-21-17-13-18-11-7-8-12-19(18)21/h7-8,11-13,17,20H,2-6,9-10,14-16H2,1H3. The Hall–Kier alpha value is -1.28. The minimum absolute atomic E-state index is 1.11. The summed E-state index contributed by atoms with van der Waals surface area (Å²) in [5.41, 5.74) is 1.36. The van der Waals surface area contributed by atoms with E-state index in [1.165, 1.54) is 62.4 Å². The van der Waals surface area contributed by atoms with Gasteiger partial charge in [0.25, 0.3) is 0 Å². The van der Waals surface area contributed by atoms with Crippen LogP contribution in [-0.2, 0) is 6.54 Å². The zero-order valence-corrected chi connectivity index (χ0v) is 13.5. The summed E-state index contributed by atoms with van der Waals surface area (Å²) in [6, 6.07) is 10.8. The maximum absolute atomic E-state index is 3.57. The van der Waals surface area contributed by atoms with Gasteiger partial charge in [0, 0.05) is 18.3 Å². The second kappa shape index (κ2) is 9.62. The summed E-state index contributed by atoms with van der Waals surface area (Å²) in [7, 11) is 0. The number of benzene rings is 1. The van der Waals surface area contributed by atoms with E-state index in [1.807, 2.05) is 0 Å². The van der Waals surface area contributed by atoms with E-state index in [1.54, 1.807) is 0 Å². The molecule has 2 nitrogen and oxygen atoms in total. The minimum atomic E-state index is 1.11. The topological polar surface area (TPSA) is 17.0 Å². The van der Waals surface area contributed by atoms with Crippen molar-refractivity contribution >= 4 is 10.9 Å². The highest BCUT2D eigenvalue weighted by Gasteiger charge is 1.99. The number of hydrogen-bond acceptors (Lipinski definition) is 1. The van der Waals surface area contributed by atoms with Crippen molar-refractivity contribution in [2.45, 2.75) is 58.4 Å². The number of hydrogen-bond donors (Lipinski definition) is 1. The Balaban J connectivity index is 1.52. The van der Waals surface area contributed by atoms with Crippen molar-refractivity contribution in [1.82, 2.24) is 9.88 Å². The van der Waals surface area contributed by atoms with Crippen LogP contribution < -0.4 is 5.32 Å². The number of aromatic nitrogens is 1. The lowest BCUT2D eigenvalue weighted by Gasteiger charge is -2.07. The van der Waals surface area contributed by atoms with E-state index in [2.05, 4.69) is 53.3 Å². The van der Waals surface area contributed by atoms with E-state index in [0.717, 1.165) is 13.1 Å². The van der Waals surface area contributed by atoms with E-state index in [-0.39, 0.29) is 0 Å². The van der Waals surface area contributed by atoms with Gasteiger partial charge in [-0.3, -0.25) is 0 Å². The van der Waals surface area contributed by atoms with Gasteiger partial charge in [0.2, 0.25) is 0 Å². The van der Waals surface area contributed by atoms with Gasteiger partial charge in [-0.05, 0) is 43.5 Å². The van der Waals surface area contributed by atoms with Crippen LogP contribution in [0.2, 0.25) is 0 Å². The lowest BCUT2D eigenvalue weighted by molar-refractivity contribution is 0.548. The summed E-state index contributed by atoms with van der Waals surface area (Å²) in [5.74, 6) is 0. The Bertz CT molecular complexity index is 501. The summed E-state index contributed by atoms with van der Waals surface area (Å²) in [5, 5.41) is 4.92. The van der Waals surface area contributed by atoms with Crippen molar-refractivity contribution < 1.29 is 0 Å². The number of para-hydroxylation sites is 1. The zero-order valence-electron chi connectivity index (χ0n) is 13.5. The third-order valence-electron chi connectivity index (χ3n) is 4.14. The average Bonchev–Trinajstić information content (AvgIpc) is 2.92. The molecule has 0 spiro atoms. The first-order chi connectivity index (χ1) is 10.4. The molecule has 0 amide bonds. The number of aryl methyl sites for hydroxylation is 1. The molecule has 2 rings (SSSR count). The summed E-state index contributed by atoms with van der Waals surface area (Å²) in [4.78, 5) is 0. The Kier molecular flexibility index (Phi) is 7.37. The Labute approximate surface area is 129 Å². The molecule has 0 aliphatic carbocycles. The molecule has 0 saturated heterocycles. The van der Waals surface area contributed by atoms with Crippen molar-refractivity contribution in [1.29, 1.82) is 0 Å². The molecular formula is C19H30N2. The number of unbranched alkanes of at least 4 members (excludes halogenated alkanes) is 5. The molecule has 0 radical (unpaired) electrons. The second-order valence-corrected chi connectivity index (χ2v) is 5.94. The Morgan fingerprint density at radius 1 is 0.857 bits per heavy atom. The highest BCUT2D eigenvalue weighted by Crippen LogP contribution is 2.15. The maximum Gasteiger partial charge on any atom is 0.0480 e. The van der Waals surface area contributed by atoms with Crippen LogP contribution in [0.25, 0.3) is 10.9 Å². The van der Waals surface area contributed by atoms with Gasteiger partial charge in [-0.2, -0.15) is 0 Å². The SMILES string of the molecule is CCCCCCCCNCCCn1ccc2ccccc21. The summed E-state index contributed by atoms with van der Waals surface area (Å²) < 4.78 is 2.36. The predicted octanol–water partition coefficient (Wildman–Crippen LogP) is 4.98. The fourth-order valence-corrected chi connectivity index (χ4v) is 2.87. The van der Waals surface area contributed by atoms with Crippen LogP contribution in [0.5, 0.6) is 0 Å². The lowest BCUT2D eigenvalue weighted by Crippen LogP contribution is -2.18. The molecular weight excluding hydrogens is 256 g/mol. The third kappa shape index (κ3) is 5.55. The van der Waals surface area contributed by atoms with Gasteiger partial charge in [0.1, 0.15) is 0 Å². The molecule has 0 unspecified atom stereocenters. The van der Waals surface area contributed by atoms with Crippen LogP contribution in [0.4, 0.5) is 0 Å². The van der Waals surface area contributed by atoms with Gasteiger partial charge < -0.3 is 9.88 Å². The molecule has 0 bridgehead atoms. The largest absolute Gasteiger partial charge is 0.347 e. The first kappa shape index (κ1) is 16.1. The van der Waals surface area contributed by atoms with Crippen molar-refractivity contribution in [2.75, 3.05) is 13.1 Å². The van der Waals surface area contributed by atoms with Crippen LogP contribution in [0.1, 0.15) is 51.9 Å².